The van der Waals surface area contributed by atoms with E-state index in [9.17, 15) is 0 Å². The van der Waals surface area contributed by atoms with Crippen LogP contribution in [0.3, 0.4) is 0 Å². The first-order valence-corrected chi connectivity index (χ1v) is 7.52. The van der Waals surface area contributed by atoms with Gasteiger partial charge in [-0.05, 0) is 30.9 Å². The number of rotatable bonds is 4. The molecule has 2 heterocycles. The van der Waals surface area contributed by atoms with Crippen LogP contribution in [0.2, 0.25) is 0 Å². The first kappa shape index (κ1) is 14.5. The maximum Gasteiger partial charge on any atom is 0.0339 e. The molecule has 106 valence electrons. The number of hydrogen-bond acceptors (Lipinski definition) is 3. The molecule has 3 unspecified atom stereocenters. The Labute approximate surface area is 117 Å². The fourth-order valence-corrected chi connectivity index (χ4v) is 2.96. The Hall–Kier alpha value is -0.930. The van der Waals surface area contributed by atoms with E-state index in [2.05, 4.69) is 49.0 Å². The third-order valence-electron chi connectivity index (χ3n) is 4.43. The number of hydrogen-bond donors (Lipinski definition) is 1. The van der Waals surface area contributed by atoms with Crippen molar-refractivity contribution in [1.82, 2.24) is 15.2 Å². The maximum atomic E-state index is 4.26. The van der Waals surface area contributed by atoms with E-state index in [4.69, 9.17) is 0 Å². The molecule has 0 bridgehead atoms. The van der Waals surface area contributed by atoms with Crippen molar-refractivity contribution in [2.45, 2.75) is 52.2 Å². The summed E-state index contributed by atoms with van der Waals surface area (Å²) in [5, 5.41) is 3.70. The van der Waals surface area contributed by atoms with Gasteiger partial charge in [0.05, 0.1) is 0 Å². The average molecular weight is 261 g/mol. The highest BCUT2D eigenvalue weighted by atomic mass is 15.3. The molecule has 0 aromatic carbocycles. The second kappa shape index (κ2) is 6.49. The Balaban J connectivity index is 2.14. The zero-order valence-corrected chi connectivity index (χ0v) is 12.6. The summed E-state index contributed by atoms with van der Waals surface area (Å²) in [6, 6.07) is 5.90. The SMILES string of the molecule is CCC1CNC(C(C)C)CN1C(C)c1cccnc1. The van der Waals surface area contributed by atoms with Gasteiger partial charge in [-0.15, -0.1) is 0 Å². The Morgan fingerprint density at radius 1 is 1.42 bits per heavy atom. The topological polar surface area (TPSA) is 28.2 Å². The van der Waals surface area contributed by atoms with Crippen molar-refractivity contribution in [3.05, 3.63) is 30.1 Å². The van der Waals surface area contributed by atoms with Gasteiger partial charge < -0.3 is 5.32 Å². The van der Waals surface area contributed by atoms with Crippen LogP contribution in [0.15, 0.2) is 24.5 Å². The molecule has 1 aromatic rings. The lowest BCUT2D eigenvalue weighted by Crippen LogP contribution is -2.58. The molecule has 1 fully saturated rings. The van der Waals surface area contributed by atoms with Crippen LogP contribution in [0.4, 0.5) is 0 Å². The highest BCUT2D eigenvalue weighted by Crippen LogP contribution is 2.26. The van der Waals surface area contributed by atoms with Gasteiger partial charge in [0.1, 0.15) is 0 Å². The molecule has 0 spiro atoms. The van der Waals surface area contributed by atoms with Gasteiger partial charge in [0, 0.05) is 43.6 Å². The maximum absolute atomic E-state index is 4.26. The summed E-state index contributed by atoms with van der Waals surface area (Å²) in [4.78, 5) is 6.91. The second-order valence-corrected chi connectivity index (χ2v) is 5.98. The number of piperazine rings is 1. The smallest absolute Gasteiger partial charge is 0.0339 e. The molecule has 1 aliphatic rings. The van der Waals surface area contributed by atoms with Gasteiger partial charge in [-0.25, -0.2) is 0 Å². The lowest BCUT2D eigenvalue weighted by molar-refractivity contribution is 0.0735. The highest BCUT2D eigenvalue weighted by molar-refractivity contribution is 5.14. The first-order valence-electron chi connectivity index (χ1n) is 7.52. The van der Waals surface area contributed by atoms with Gasteiger partial charge in [0.2, 0.25) is 0 Å². The number of nitrogens with one attached hydrogen (secondary N) is 1. The standard InChI is InChI=1S/C16H27N3/c1-5-15-10-18-16(12(2)3)11-19(15)13(4)14-7-6-8-17-9-14/h6-9,12-13,15-16,18H,5,10-11H2,1-4H3. The Morgan fingerprint density at radius 2 is 2.21 bits per heavy atom. The predicted octanol–water partition coefficient (Wildman–Crippen LogP) is 2.85. The van der Waals surface area contributed by atoms with Crippen LogP contribution in [0.1, 0.15) is 45.7 Å². The van der Waals surface area contributed by atoms with E-state index in [1.807, 2.05) is 18.5 Å². The molecule has 2 rings (SSSR count). The third kappa shape index (κ3) is 3.34. The number of nitrogens with zero attached hydrogens (tertiary/aromatic N) is 2. The van der Waals surface area contributed by atoms with Crippen molar-refractivity contribution < 1.29 is 0 Å². The van der Waals surface area contributed by atoms with Crippen molar-refractivity contribution in [2.24, 2.45) is 5.92 Å². The highest BCUT2D eigenvalue weighted by Gasteiger charge is 2.31. The molecule has 1 saturated heterocycles. The molecular weight excluding hydrogens is 234 g/mol. The summed E-state index contributed by atoms with van der Waals surface area (Å²) in [5.41, 5.74) is 1.32. The molecule has 0 aliphatic carbocycles. The molecule has 0 saturated carbocycles. The quantitative estimate of drug-likeness (QED) is 0.903. The molecule has 1 N–H and O–H groups in total. The van der Waals surface area contributed by atoms with Gasteiger partial charge >= 0.3 is 0 Å². The minimum atomic E-state index is 0.446. The summed E-state index contributed by atoms with van der Waals surface area (Å²) >= 11 is 0. The molecule has 1 aromatic heterocycles. The molecule has 1 aliphatic heterocycles. The van der Waals surface area contributed by atoms with E-state index in [-0.39, 0.29) is 0 Å². The Kier molecular flexibility index (Phi) is 4.94. The van der Waals surface area contributed by atoms with Crippen molar-refractivity contribution in [1.29, 1.82) is 0 Å². The predicted molar refractivity (Wildman–Crippen MR) is 80.1 cm³/mol. The van der Waals surface area contributed by atoms with E-state index in [1.54, 1.807) is 0 Å². The van der Waals surface area contributed by atoms with E-state index >= 15 is 0 Å². The van der Waals surface area contributed by atoms with Crippen molar-refractivity contribution in [3.8, 4) is 0 Å². The van der Waals surface area contributed by atoms with Crippen LogP contribution in [0.25, 0.3) is 0 Å². The van der Waals surface area contributed by atoms with Crippen molar-refractivity contribution in [3.63, 3.8) is 0 Å². The summed E-state index contributed by atoms with van der Waals surface area (Å²) in [5.74, 6) is 0.682. The third-order valence-corrected chi connectivity index (χ3v) is 4.43. The molecule has 0 radical (unpaired) electrons. The van der Waals surface area contributed by atoms with Crippen LogP contribution in [0.5, 0.6) is 0 Å². The monoisotopic (exact) mass is 261 g/mol. The van der Waals surface area contributed by atoms with Crippen molar-refractivity contribution in [2.75, 3.05) is 13.1 Å². The molecule has 19 heavy (non-hydrogen) atoms. The van der Waals surface area contributed by atoms with Crippen LogP contribution >= 0.6 is 0 Å². The molecule has 3 nitrogen and oxygen atoms in total. The minimum absolute atomic E-state index is 0.446. The second-order valence-electron chi connectivity index (χ2n) is 5.98. The zero-order chi connectivity index (χ0) is 13.8. The van der Waals surface area contributed by atoms with Gasteiger partial charge in [-0.1, -0.05) is 26.8 Å². The first-order chi connectivity index (χ1) is 9.13. The van der Waals surface area contributed by atoms with Crippen LogP contribution in [0, 0.1) is 5.92 Å². The summed E-state index contributed by atoms with van der Waals surface area (Å²) in [6.45, 7) is 11.4. The lowest BCUT2D eigenvalue weighted by Gasteiger charge is -2.44. The summed E-state index contributed by atoms with van der Waals surface area (Å²) < 4.78 is 0. The van der Waals surface area contributed by atoms with Crippen LogP contribution in [-0.4, -0.2) is 35.1 Å². The van der Waals surface area contributed by atoms with Crippen LogP contribution < -0.4 is 5.32 Å². The summed E-state index contributed by atoms with van der Waals surface area (Å²) in [7, 11) is 0. The number of pyridine rings is 1. The normalized spacial score (nSPS) is 26.6. The van der Waals surface area contributed by atoms with Gasteiger partial charge in [0.15, 0.2) is 0 Å². The molecular formula is C16H27N3. The Morgan fingerprint density at radius 3 is 2.79 bits per heavy atom. The van der Waals surface area contributed by atoms with Gasteiger partial charge in [-0.2, -0.15) is 0 Å². The van der Waals surface area contributed by atoms with Crippen molar-refractivity contribution >= 4 is 0 Å². The minimum Gasteiger partial charge on any atom is -0.311 e. The summed E-state index contributed by atoms with van der Waals surface area (Å²) in [6.07, 6.45) is 5.05. The molecule has 3 heteroatoms. The fraction of sp³-hybridized carbons (Fsp3) is 0.688. The lowest BCUT2D eigenvalue weighted by atomic mass is 9.95. The average Bonchev–Trinajstić information content (AvgIpc) is 2.46. The van der Waals surface area contributed by atoms with Gasteiger partial charge in [-0.3, -0.25) is 9.88 Å². The Bertz CT molecular complexity index is 377. The zero-order valence-electron chi connectivity index (χ0n) is 12.6. The van der Waals surface area contributed by atoms with Crippen LogP contribution in [-0.2, 0) is 0 Å². The van der Waals surface area contributed by atoms with Gasteiger partial charge in [0.25, 0.3) is 0 Å². The molecule has 0 amide bonds. The van der Waals surface area contributed by atoms with E-state index < -0.39 is 0 Å². The van der Waals surface area contributed by atoms with E-state index in [0.29, 0.717) is 24.0 Å². The molecule has 3 atom stereocenters. The number of aromatic nitrogens is 1. The van der Waals surface area contributed by atoms with E-state index in [1.165, 1.54) is 12.0 Å². The largest absolute Gasteiger partial charge is 0.311 e. The van der Waals surface area contributed by atoms with E-state index in [0.717, 1.165) is 13.1 Å². The fourth-order valence-electron chi connectivity index (χ4n) is 2.96.